The van der Waals surface area contributed by atoms with Crippen LogP contribution in [0.2, 0.25) is 0 Å². The summed E-state index contributed by atoms with van der Waals surface area (Å²) in [5, 5.41) is 20.0. The summed E-state index contributed by atoms with van der Waals surface area (Å²) in [6.45, 7) is 5.66. The lowest BCUT2D eigenvalue weighted by atomic mass is 10.0. The van der Waals surface area contributed by atoms with Crippen LogP contribution < -0.4 is 15.4 Å². The first-order valence-corrected chi connectivity index (χ1v) is 16.5. The number of rotatable bonds is 13. The summed E-state index contributed by atoms with van der Waals surface area (Å²) in [5.41, 5.74) is 1.83. The molecule has 1 atom stereocenters. The third kappa shape index (κ3) is 8.55. The molecule has 1 fully saturated rings. The molecule has 4 aromatic rings. The fourth-order valence-electron chi connectivity index (χ4n) is 5.86. The van der Waals surface area contributed by atoms with Crippen molar-refractivity contribution in [1.29, 1.82) is 0 Å². The van der Waals surface area contributed by atoms with Crippen molar-refractivity contribution in [1.82, 2.24) is 19.9 Å². The predicted molar refractivity (Wildman–Crippen MR) is 180 cm³/mol. The molecule has 2 aromatic carbocycles. The summed E-state index contributed by atoms with van der Waals surface area (Å²) in [4.78, 5) is 21.4. The molecule has 2 aromatic heterocycles. The molecule has 2 aliphatic carbocycles. The summed E-state index contributed by atoms with van der Waals surface area (Å²) in [6, 6.07) is 12.6. The zero-order valence-electron chi connectivity index (χ0n) is 26.8. The number of nitrogens with one attached hydrogen (secondary N) is 2. The third-order valence-electron chi connectivity index (χ3n) is 8.21. The number of fused-ring (bicyclic) bond motifs is 2. The first kappa shape index (κ1) is 31.8. The molecule has 244 valence electrons. The topological polar surface area (TPSA) is 120 Å². The molecule has 2 heterocycles. The van der Waals surface area contributed by atoms with Gasteiger partial charge in [-0.2, -0.15) is 0 Å². The molecule has 1 unspecified atom stereocenters. The van der Waals surface area contributed by atoms with Crippen molar-refractivity contribution < 1.29 is 24.1 Å². The maximum atomic E-state index is 12.2. The van der Waals surface area contributed by atoms with Gasteiger partial charge >= 0.3 is 6.09 Å². The van der Waals surface area contributed by atoms with Gasteiger partial charge in [-0.05, 0) is 93.3 Å². The quantitative estimate of drug-likeness (QED) is 0.112. The van der Waals surface area contributed by atoms with Gasteiger partial charge in [-0.1, -0.05) is 30.4 Å². The molecule has 6 rings (SSSR count). The minimum absolute atomic E-state index is 0.0306. The Labute approximate surface area is 270 Å². The Kier molecular flexibility index (Phi) is 10.0. The van der Waals surface area contributed by atoms with Gasteiger partial charge in [0.15, 0.2) is 0 Å². The molecular weight excluding hydrogens is 582 g/mol. The van der Waals surface area contributed by atoms with Crippen molar-refractivity contribution in [3.05, 3.63) is 61.1 Å². The number of nitrogens with zero attached hydrogens (tertiary/aromatic N) is 3. The van der Waals surface area contributed by atoms with Gasteiger partial charge in [0.1, 0.15) is 29.6 Å². The van der Waals surface area contributed by atoms with Crippen LogP contribution >= 0.6 is 0 Å². The molecule has 10 nitrogen and oxygen atoms in total. The summed E-state index contributed by atoms with van der Waals surface area (Å²) in [5.74, 6) is 1.60. The van der Waals surface area contributed by atoms with Crippen LogP contribution in [-0.2, 0) is 16.0 Å². The van der Waals surface area contributed by atoms with Crippen molar-refractivity contribution in [2.45, 2.75) is 83.1 Å². The van der Waals surface area contributed by atoms with E-state index >= 15 is 0 Å². The number of alkyl carbamates (subject to hydrolysis) is 1. The van der Waals surface area contributed by atoms with Gasteiger partial charge < -0.3 is 34.5 Å². The van der Waals surface area contributed by atoms with Crippen molar-refractivity contribution in [3.63, 3.8) is 0 Å². The van der Waals surface area contributed by atoms with E-state index in [0.29, 0.717) is 44.8 Å². The first-order valence-electron chi connectivity index (χ1n) is 16.5. The lowest BCUT2D eigenvalue weighted by molar-refractivity contribution is 0.0627. The van der Waals surface area contributed by atoms with Gasteiger partial charge in [0, 0.05) is 24.8 Å². The molecule has 0 radical (unpaired) electrons. The molecule has 1 saturated carbocycles. The number of amides is 1. The van der Waals surface area contributed by atoms with Gasteiger partial charge in [0.2, 0.25) is 0 Å². The Morgan fingerprint density at radius 1 is 0.978 bits per heavy atom. The minimum atomic E-state index is -0.927. The van der Waals surface area contributed by atoms with Crippen molar-refractivity contribution in [2.24, 2.45) is 0 Å². The Balaban J connectivity index is 1.09. The lowest BCUT2D eigenvalue weighted by Crippen LogP contribution is -2.32. The van der Waals surface area contributed by atoms with Gasteiger partial charge in [-0.25, -0.2) is 14.8 Å². The van der Waals surface area contributed by atoms with E-state index in [1.165, 1.54) is 0 Å². The van der Waals surface area contributed by atoms with Gasteiger partial charge in [-0.3, -0.25) is 0 Å². The van der Waals surface area contributed by atoms with Crippen LogP contribution in [0, 0.1) is 0 Å². The van der Waals surface area contributed by atoms with E-state index in [-0.39, 0.29) is 12.2 Å². The highest BCUT2D eigenvalue weighted by atomic mass is 16.6. The smallest absolute Gasteiger partial charge is 0.407 e. The number of allylic oxidation sites excluding steroid dienone is 2. The molecule has 0 aliphatic heterocycles. The van der Waals surface area contributed by atoms with Crippen molar-refractivity contribution in [2.75, 3.05) is 31.6 Å². The number of benzene rings is 2. The lowest BCUT2D eigenvalue weighted by Gasteiger charge is -2.18. The van der Waals surface area contributed by atoms with E-state index in [1.54, 1.807) is 20.2 Å². The van der Waals surface area contributed by atoms with E-state index in [2.05, 4.69) is 63.1 Å². The maximum absolute atomic E-state index is 12.2. The highest BCUT2D eigenvalue weighted by Gasteiger charge is 2.24. The SMILES string of the molecule is CC(C)(O)Cn1cc(-c2ccc3cc(OC4CC4)ccc3c2)c2c(NCCOCCNC(=O)OC3CC/C=C\CCC3)ncnc21. The number of ether oxygens (including phenoxy) is 3. The molecule has 0 bridgehead atoms. The fourth-order valence-corrected chi connectivity index (χ4v) is 5.86. The van der Waals surface area contributed by atoms with Crippen LogP contribution in [0.25, 0.3) is 32.9 Å². The standard InChI is InChI=1S/C36H45N5O5/c1-36(2,43)23-41-22-31(27-11-10-26-21-30(45-29-14-15-29)13-12-25(26)20-27)32-33(39-24-40-34(32)41)37-16-18-44-19-17-38-35(42)46-28-8-6-4-3-5-7-9-28/h3-4,10-13,20-22,24,28-29,43H,5-9,14-19,23H2,1-2H3,(H,38,42)(H,37,39,40)/b4-3-. The van der Waals surface area contributed by atoms with E-state index in [4.69, 9.17) is 14.2 Å². The summed E-state index contributed by atoms with van der Waals surface area (Å²) in [6.07, 6.45) is 14.9. The summed E-state index contributed by atoms with van der Waals surface area (Å²) < 4.78 is 19.4. The number of hydrogen-bond donors (Lipinski definition) is 3. The number of anilines is 1. The molecule has 0 saturated heterocycles. The normalized spacial score (nSPS) is 17.8. The molecule has 10 heteroatoms. The molecule has 3 N–H and O–H groups in total. The molecule has 1 amide bonds. The van der Waals surface area contributed by atoms with Crippen molar-refractivity contribution >= 4 is 33.7 Å². The monoisotopic (exact) mass is 627 g/mol. The second-order valence-electron chi connectivity index (χ2n) is 12.9. The number of aromatic nitrogens is 3. The van der Waals surface area contributed by atoms with Crippen LogP contribution in [0.1, 0.15) is 58.8 Å². The van der Waals surface area contributed by atoms with Crippen LogP contribution in [0.3, 0.4) is 0 Å². The van der Waals surface area contributed by atoms with Gasteiger partial charge in [-0.15, -0.1) is 0 Å². The fraction of sp³-hybridized carbons (Fsp3) is 0.472. The Morgan fingerprint density at radius 3 is 2.63 bits per heavy atom. The Bertz CT molecular complexity index is 1670. The van der Waals surface area contributed by atoms with Gasteiger partial charge in [0.25, 0.3) is 0 Å². The molecule has 46 heavy (non-hydrogen) atoms. The summed E-state index contributed by atoms with van der Waals surface area (Å²) >= 11 is 0. The number of hydrogen-bond acceptors (Lipinski definition) is 8. The second-order valence-corrected chi connectivity index (χ2v) is 12.9. The van der Waals surface area contributed by atoms with E-state index in [1.807, 2.05) is 16.8 Å². The number of carbonyl (C=O) groups is 1. The average Bonchev–Trinajstić information content (AvgIpc) is 3.76. The Morgan fingerprint density at radius 2 is 1.78 bits per heavy atom. The van der Waals surface area contributed by atoms with Crippen LogP contribution in [0.15, 0.2) is 61.1 Å². The van der Waals surface area contributed by atoms with E-state index in [0.717, 1.165) is 83.6 Å². The third-order valence-corrected chi connectivity index (χ3v) is 8.21. The molecule has 0 spiro atoms. The highest BCUT2D eigenvalue weighted by molar-refractivity contribution is 6.03. The first-order chi connectivity index (χ1) is 22.3. The van der Waals surface area contributed by atoms with Gasteiger partial charge in [0.05, 0.1) is 36.8 Å². The Hall–Kier alpha value is -4.15. The van der Waals surface area contributed by atoms with E-state index < -0.39 is 5.60 Å². The maximum Gasteiger partial charge on any atom is 0.407 e. The van der Waals surface area contributed by atoms with Crippen LogP contribution in [-0.4, -0.2) is 69.8 Å². The van der Waals surface area contributed by atoms with E-state index in [9.17, 15) is 9.90 Å². The highest BCUT2D eigenvalue weighted by Crippen LogP contribution is 2.37. The summed E-state index contributed by atoms with van der Waals surface area (Å²) in [7, 11) is 0. The second kappa shape index (κ2) is 14.5. The zero-order valence-corrected chi connectivity index (χ0v) is 26.8. The van der Waals surface area contributed by atoms with Crippen LogP contribution in [0.5, 0.6) is 5.75 Å². The van der Waals surface area contributed by atoms with Crippen LogP contribution in [0.4, 0.5) is 10.6 Å². The largest absolute Gasteiger partial charge is 0.490 e. The zero-order chi connectivity index (χ0) is 31.9. The molecular formula is C36H45N5O5. The number of aliphatic hydroxyl groups is 1. The minimum Gasteiger partial charge on any atom is -0.490 e. The molecule has 2 aliphatic rings. The number of carbonyl (C=O) groups excluding carboxylic acids is 1. The van der Waals surface area contributed by atoms with Crippen molar-refractivity contribution in [3.8, 4) is 16.9 Å². The average molecular weight is 628 g/mol. The predicted octanol–water partition coefficient (Wildman–Crippen LogP) is 6.61.